The predicted molar refractivity (Wildman–Crippen MR) is 82.9 cm³/mol. The molecule has 6 heteroatoms. The minimum atomic E-state index is -0.673. The van der Waals surface area contributed by atoms with Gasteiger partial charge in [0.05, 0.1) is 24.9 Å². The van der Waals surface area contributed by atoms with Gasteiger partial charge in [-0.15, -0.1) is 0 Å². The van der Waals surface area contributed by atoms with E-state index in [1.807, 2.05) is 18.7 Å². The average Bonchev–Trinajstić information content (AvgIpc) is 2.36. The van der Waals surface area contributed by atoms with E-state index in [0.29, 0.717) is 29.5 Å². The second kappa shape index (κ2) is 6.22. The number of hydrogen-bond acceptors (Lipinski definition) is 4. The van der Waals surface area contributed by atoms with E-state index in [1.165, 1.54) is 7.11 Å². The Labute approximate surface area is 129 Å². The first-order chi connectivity index (χ1) is 9.84. The van der Waals surface area contributed by atoms with Crippen LogP contribution in [-0.2, 0) is 4.79 Å². The van der Waals surface area contributed by atoms with E-state index >= 15 is 0 Å². The number of β-amino-alcohol motifs (C(OH)–C–C–N with tert-alkyl or cyclic N) is 1. The quantitative estimate of drug-likeness (QED) is 0.873. The highest BCUT2D eigenvalue weighted by Crippen LogP contribution is 2.29. The number of benzene rings is 1. The van der Waals surface area contributed by atoms with Crippen molar-refractivity contribution >= 4 is 23.2 Å². The zero-order chi connectivity index (χ0) is 15.6. The number of anilines is 1. The number of methoxy groups -OCH3 is 1. The average molecular weight is 313 g/mol. The van der Waals surface area contributed by atoms with Crippen LogP contribution in [0.3, 0.4) is 0 Å². The van der Waals surface area contributed by atoms with Gasteiger partial charge in [0.2, 0.25) is 5.91 Å². The number of nitrogens with zero attached hydrogens (tertiary/aromatic N) is 1. The van der Waals surface area contributed by atoms with E-state index in [-0.39, 0.29) is 18.4 Å². The second-order valence-electron chi connectivity index (χ2n) is 5.80. The smallest absolute Gasteiger partial charge is 0.238 e. The first-order valence-corrected chi connectivity index (χ1v) is 7.30. The number of nitrogens with one attached hydrogen (secondary N) is 1. The normalized spacial score (nSPS) is 17.4. The summed E-state index contributed by atoms with van der Waals surface area (Å²) < 4.78 is 5.18. The Hall–Kier alpha value is -1.30. The van der Waals surface area contributed by atoms with Crippen molar-refractivity contribution in [2.75, 3.05) is 32.1 Å². The number of hydrogen-bond donors (Lipinski definition) is 2. The number of likely N-dealkylation sites (tertiary alicyclic amines) is 1. The van der Waals surface area contributed by atoms with Gasteiger partial charge < -0.3 is 15.2 Å². The highest BCUT2D eigenvalue weighted by molar-refractivity contribution is 6.31. The maximum Gasteiger partial charge on any atom is 0.238 e. The molecule has 21 heavy (non-hydrogen) atoms. The van der Waals surface area contributed by atoms with Gasteiger partial charge >= 0.3 is 0 Å². The van der Waals surface area contributed by atoms with Crippen molar-refractivity contribution in [1.82, 2.24) is 4.90 Å². The van der Waals surface area contributed by atoms with Crippen LogP contribution in [0.1, 0.15) is 13.8 Å². The molecule has 1 saturated heterocycles. The van der Waals surface area contributed by atoms with Crippen LogP contribution in [0.5, 0.6) is 5.75 Å². The predicted octanol–water partition coefficient (Wildman–Crippen LogP) is 1.99. The van der Waals surface area contributed by atoms with Gasteiger partial charge in [0.25, 0.3) is 0 Å². The summed E-state index contributed by atoms with van der Waals surface area (Å²) in [5, 5.41) is 13.5. The third kappa shape index (κ3) is 3.67. The summed E-state index contributed by atoms with van der Waals surface area (Å²) in [6.07, 6.45) is 0. The minimum Gasteiger partial charge on any atom is -0.495 e. The van der Waals surface area contributed by atoms with Crippen molar-refractivity contribution in [2.45, 2.75) is 19.4 Å². The molecule has 5 nitrogen and oxygen atoms in total. The highest BCUT2D eigenvalue weighted by Gasteiger charge is 2.43. The zero-order valence-electron chi connectivity index (χ0n) is 12.5. The molecule has 0 aromatic heterocycles. The Kier molecular flexibility index (Phi) is 4.76. The van der Waals surface area contributed by atoms with Crippen LogP contribution in [0.25, 0.3) is 0 Å². The van der Waals surface area contributed by atoms with Crippen molar-refractivity contribution in [2.24, 2.45) is 5.92 Å². The molecule has 0 saturated carbocycles. The zero-order valence-corrected chi connectivity index (χ0v) is 13.3. The topological polar surface area (TPSA) is 61.8 Å². The first kappa shape index (κ1) is 16.1. The summed E-state index contributed by atoms with van der Waals surface area (Å²) in [7, 11) is 1.54. The summed E-state index contributed by atoms with van der Waals surface area (Å²) in [6, 6.07) is 5.06. The molecular formula is C15H21ClN2O3. The fourth-order valence-electron chi connectivity index (χ4n) is 2.38. The number of rotatable bonds is 5. The minimum absolute atomic E-state index is 0.152. The Morgan fingerprint density at radius 2 is 2.19 bits per heavy atom. The van der Waals surface area contributed by atoms with E-state index in [2.05, 4.69) is 5.32 Å². The summed E-state index contributed by atoms with van der Waals surface area (Å²) in [5.41, 5.74) is -0.122. The van der Waals surface area contributed by atoms with E-state index in [0.717, 1.165) is 0 Å². The van der Waals surface area contributed by atoms with Crippen LogP contribution in [0.4, 0.5) is 5.69 Å². The lowest BCUT2D eigenvalue weighted by atomic mass is 9.83. The molecule has 1 fully saturated rings. The molecule has 1 aromatic carbocycles. The van der Waals surface area contributed by atoms with E-state index < -0.39 is 5.60 Å². The Morgan fingerprint density at radius 1 is 1.52 bits per heavy atom. The van der Waals surface area contributed by atoms with E-state index in [1.54, 1.807) is 18.2 Å². The molecule has 1 amide bonds. The molecule has 0 bridgehead atoms. The molecule has 2 rings (SSSR count). The third-order valence-corrected chi connectivity index (χ3v) is 4.11. The van der Waals surface area contributed by atoms with Crippen molar-refractivity contribution in [3.63, 3.8) is 0 Å². The Bertz CT molecular complexity index is 528. The fourth-order valence-corrected chi connectivity index (χ4v) is 2.55. The molecular weight excluding hydrogens is 292 g/mol. The van der Waals surface area contributed by atoms with Gasteiger partial charge in [-0.2, -0.15) is 0 Å². The lowest BCUT2D eigenvalue weighted by Gasteiger charge is -2.48. The van der Waals surface area contributed by atoms with Crippen molar-refractivity contribution in [1.29, 1.82) is 0 Å². The Balaban J connectivity index is 1.90. The van der Waals surface area contributed by atoms with Gasteiger partial charge in [0, 0.05) is 18.1 Å². The third-order valence-electron chi connectivity index (χ3n) is 3.87. The molecule has 0 spiro atoms. The fraction of sp³-hybridized carbons (Fsp3) is 0.533. The van der Waals surface area contributed by atoms with Gasteiger partial charge in [-0.3, -0.25) is 9.69 Å². The van der Waals surface area contributed by atoms with Crippen LogP contribution in [-0.4, -0.2) is 48.3 Å². The maximum absolute atomic E-state index is 12.0. The Morgan fingerprint density at radius 3 is 2.76 bits per heavy atom. The molecule has 0 atom stereocenters. The molecule has 1 heterocycles. The number of carbonyl (C=O) groups excluding carboxylic acids is 1. The summed E-state index contributed by atoms with van der Waals surface area (Å²) in [4.78, 5) is 14.0. The lowest BCUT2D eigenvalue weighted by molar-refractivity contribution is -0.139. The molecule has 0 aliphatic carbocycles. The molecule has 2 N–H and O–H groups in total. The van der Waals surface area contributed by atoms with Crippen LogP contribution in [0.2, 0.25) is 5.02 Å². The first-order valence-electron chi connectivity index (χ1n) is 6.92. The van der Waals surface area contributed by atoms with Gasteiger partial charge in [-0.1, -0.05) is 25.4 Å². The number of carbonyl (C=O) groups is 1. The van der Waals surface area contributed by atoms with Gasteiger partial charge in [0.1, 0.15) is 5.75 Å². The number of ether oxygens (including phenoxy) is 1. The maximum atomic E-state index is 12.0. The number of aliphatic hydroxyl groups is 1. The monoisotopic (exact) mass is 312 g/mol. The standard InChI is InChI=1S/C15H21ClN2O3/c1-10(2)15(20)8-18(9-15)7-14(19)17-12-6-11(16)4-5-13(12)21-3/h4-6,10,20H,7-9H2,1-3H3,(H,17,19). The van der Waals surface area contributed by atoms with Crippen molar-refractivity contribution in [3.05, 3.63) is 23.2 Å². The molecule has 1 aromatic rings. The second-order valence-corrected chi connectivity index (χ2v) is 6.23. The molecule has 0 unspecified atom stereocenters. The van der Waals surface area contributed by atoms with Gasteiger partial charge in [-0.05, 0) is 24.1 Å². The van der Waals surface area contributed by atoms with Crippen molar-refractivity contribution < 1.29 is 14.6 Å². The highest BCUT2D eigenvalue weighted by atomic mass is 35.5. The molecule has 116 valence electrons. The van der Waals surface area contributed by atoms with E-state index in [9.17, 15) is 9.90 Å². The number of amides is 1. The molecule has 1 aliphatic rings. The lowest BCUT2D eigenvalue weighted by Crippen LogP contribution is -2.65. The van der Waals surface area contributed by atoms with Crippen LogP contribution < -0.4 is 10.1 Å². The van der Waals surface area contributed by atoms with Crippen molar-refractivity contribution in [3.8, 4) is 5.75 Å². The summed E-state index contributed by atoms with van der Waals surface area (Å²) >= 11 is 5.92. The van der Waals surface area contributed by atoms with Crippen LogP contribution in [0.15, 0.2) is 18.2 Å². The molecule has 0 radical (unpaired) electrons. The van der Waals surface area contributed by atoms with Crippen LogP contribution >= 0.6 is 11.6 Å². The van der Waals surface area contributed by atoms with E-state index in [4.69, 9.17) is 16.3 Å². The van der Waals surface area contributed by atoms with Crippen LogP contribution in [0, 0.1) is 5.92 Å². The molecule has 1 aliphatic heterocycles. The summed E-state index contributed by atoms with van der Waals surface area (Å²) in [6.45, 7) is 5.24. The number of halogens is 1. The van der Waals surface area contributed by atoms with Gasteiger partial charge in [-0.25, -0.2) is 0 Å². The SMILES string of the molecule is COc1ccc(Cl)cc1NC(=O)CN1CC(O)(C(C)C)C1. The van der Waals surface area contributed by atoms with Gasteiger partial charge in [0.15, 0.2) is 0 Å². The summed E-state index contributed by atoms with van der Waals surface area (Å²) in [5.74, 6) is 0.598. The largest absolute Gasteiger partial charge is 0.495 e.